The Hall–Kier alpha value is -3.15. The van der Waals surface area contributed by atoms with Crippen molar-refractivity contribution < 1.29 is 14.6 Å². The molecule has 0 bridgehead atoms. The number of fused-ring (bicyclic) bond motifs is 1. The molecule has 0 saturated heterocycles. The summed E-state index contributed by atoms with van der Waals surface area (Å²) in [7, 11) is 0. The highest BCUT2D eigenvalue weighted by Gasteiger charge is 2.11. The number of hydrogen-bond acceptors (Lipinski definition) is 6. The lowest BCUT2D eigenvalue weighted by atomic mass is 10.1. The van der Waals surface area contributed by atoms with Crippen LogP contribution in [0.4, 0.5) is 5.82 Å². The van der Waals surface area contributed by atoms with Crippen LogP contribution in [0.3, 0.4) is 0 Å². The van der Waals surface area contributed by atoms with Crippen LogP contribution in [-0.4, -0.2) is 21.4 Å². The molecule has 3 rings (SSSR count). The zero-order valence-electron chi connectivity index (χ0n) is 11.6. The number of aromatic hydroxyl groups is 2. The van der Waals surface area contributed by atoms with Gasteiger partial charge in [-0.25, -0.2) is 14.8 Å². The molecule has 3 aromatic rings. The van der Waals surface area contributed by atoms with E-state index < -0.39 is 5.63 Å². The van der Waals surface area contributed by atoms with Crippen molar-refractivity contribution in [3.8, 4) is 11.5 Å². The highest BCUT2D eigenvalue weighted by Crippen LogP contribution is 2.28. The Morgan fingerprint density at radius 1 is 1.23 bits per heavy atom. The largest absolute Gasteiger partial charge is 0.507 e. The average molecular weight is 296 g/mol. The summed E-state index contributed by atoms with van der Waals surface area (Å²) >= 11 is 0. The quantitative estimate of drug-likeness (QED) is 0.560. The number of rotatable bonds is 2. The van der Waals surface area contributed by atoms with Gasteiger partial charge in [0.2, 0.25) is 0 Å². The van der Waals surface area contributed by atoms with Gasteiger partial charge in [0.1, 0.15) is 5.75 Å². The van der Waals surface area contributed by atoms with E-state index in [1.165, 1.54) is 30.6 Å². The molecule has 2 N–H and O–H groups in total. The zero-order valence-corrected chi connectivity index (χ0v) is 11.6. The summed E-state index contributed by atoms with van der Waals surface area (Å²) in [6.07, 6.45) is 2.79. The van der Waals surface area contributed by atoms with Crippen LogP contribution in [0.2, 0.25) is 0 Å². The first kappa shape index (κ1) is 13.8. The topological polar surface area (TPSA) is 95.9 Å². The number of pyridine rings is 1. The lowest BCUT2D eigenvalue weighted by Crippen LogP contribution is -2.00. The molecule has 110 valence electrons. The van der Waals surface area contributed by atoms with Gasteiger partial charge < -0.3 is 14.6 Å². The van der Waals surface area contributed by atoms with Gasteiger partial charge in [0, 0.05) is 23.9 Å². The molecule has 0 saturated carbocycles. The predicted molar refractivity (Wildman–Crippen MR) is 82.0 cm³/mol. The zero-order chi connectivity index (χ0) is 15.7. The second-order valence-electron chi connectivity index (χ2n) is 4.73. The minimum atomic E-state index is -0.508. The van der Waals surface area contributed by atoms with E-state index in [1.54, 1.807) is 19.1 Å². The summed E-state index contributed by atoms with van der Waals surface area (Å²) in [5.74, 6) is -0.0644. The molecule has 6 nitrogen and oxygen atoms in total. The van der Waals surface area contributed by atoms with E-state index in [9.17, 15) is 15.0 Å². The van der Waals surface area contributed by atoms with Crippen molar-refractivity contribution in [2.45, 2.75) is 6.92 Å². The highest BCUT2D eigenvalue weighted by molar-refractivity contribution is 6.00. The fraction of sp³-hybridized carbons (Fsp3) is 0.0625. The Labute approximate surface area is 125 Å². The maximum atomic E-state index is 11.6. The van der Waals surface area contributed by atoms with Crippen LogP contribution in [-0.2, 0) is 0 Å². The molecule has 2 aromatic heterocycles. The van der Waals surface area contributed by atoms with Crippen LogP contribution in [0.1, 0.15) is 11.1 Å². The lowest BCUT2D eigenvalue weighted by Gasteiger charge is -2.05. The minimum Gasteiger partial charge on any atom is -0.507 e. The number of aromatic nitrogens is 1. The van der Waals surface area contributed by atoms with E-state index in [2.05, 4.69) is 9.98 Å². The maximum absolute atomic E-state index is 11.6. The van der Waals surface area contributed by atoms with Crippen LogP contribution in [0.5, 0.6) is 11.5 Å². The van der Waals surface area contributed by atoms with Gasteiger partial charge in [-0.3, -0.25) is 0 Å². The molecule has 0 unspecified atom stereocenters. The molecule has 6 heteroatoms. The third kappa shape index (κ3) is 2.42. The van der Waals surface area contributed by atoms with Crippen molar-refractivity contribution in [1.82, 2.24) is 4.98 Å². The second-order valence-corrected chi connectivity index (χ2v) is 4.73. The lowest BCUT2D eigenvalue weighted by molar-refractivity contribution is 0.471. The monoisotopic (exact) mass is 296 g/mol. The van der Waals surface area contributed by atoms with Crippen molar-refractivity contribution >= 4 is 23.0 Å². The standard InChI is InChI=1S/C16H12N2O4/c1-9-7-14(21)22-15-10(9)4-5-12(19)11(15)8-18-16-13(20)3-2-6-17-16/h2-8,19-20H,1H3. The normalized spacial score (nSPS) is 11.3. The summed E-state index contributed by atoms with van der Waals surface area (Å²) in [6.45, 7) is 1.78. The first-order valence-corrected chi connectivity index (χ1v) is 6.51. The SMILES string of the molecule is Cc1cc(=O)oc2c(C=Nc3ncccc3O)c(O)ccc12. The second kappa shape index (κ2) is 5.33. The number of aliphatic imine (C=N–C) groups is 1. The smallest absolute Gasteiger partial charge is 0.336 e. The fourth-order valence-electron chi connectivity index (χ4n) is 2.13. The van der Waals surface area contributed by atoms with Gasteiger partial charge in [-0.1, -0.05) is 0 Å². The fourth-order valence-corrected chi connectivity index (χ4v) is 2.13. The van der Waals surface area contributed by atoms with Gasteiger partial charge in [0.15, 0.2) is 17.2 Å². The summed E-state index contributed by atoms with van der Waals surface area (Å²) in [6, 6.07) is 7.57. The van der Waals surface area contributed by atoms with E-state index >= 15 is 0 Å². The first-order valence-electron chi connectivity index (χ1n) is 6.51. The van der Waals surface area contributed by atoms with E-state index in [-0.39, 0.29) is 28.5 Å². The molecule has 22 heavy (non-hydrogen) atoms. The molecular weight excluding hydrogens is 284 g/mol. The number of aryl methyl sites for hydroxylation is 1. The Balaban J connectivity index is 2.20. The molecule has 0 aliphatic rings. The molecule has 2 heterocycles. The third-order valence-corrected chi connectivity index (χ3v) is 3.22. The predicted octanol–water partition coefficient (Wildman–Crippen LogP) is 2.66. The Morgan fingerprint density at radius 3 is 2.82 bits per heavy atom. The first-order chi connectivity index (χ1) is 10.6. The average Bonchev–Trinajstić information content (AvgIpc) is 2.47. The number of hydrogen-bond donors (Lipinski definition) is 2. The van der Waals surface area contributed by atoms with Gasteiger partial charge in [-0.05, 0) is 36.8 Å². The number of phenolic OH excluding ortho intramolecular Hbond substituents is 1. The maximum Gasteiger partial charge on any atom is 0.336 e. The van der Waals surface area contributed by atoms with Crippen LogP contribution in [0.15, 0.2) is 50.7 Å². The molecule has 1 aromatic carbocycles. The molecule has 0 radical (unpaired) electrons. The van der Waals surface area contributed by atoms with Crippen LogP contribution in [0.25, 0.3) is 11.0 Å². The summed E-state index contributed by atoms with van der Waals surface area (Å²) in [5, 5.41) is 20.3. The molecule has 0 spiro atoms. The number of benzene rings is 1. The minimum absolute atomic E-state index is 0.0829. The van der Waals surface area contributed by atoms with Gasteiger partial charge in [-0.2, -0.15) is 0 Å². The molecule has 0 fully saturated rings. The van der Waals surface area contributed by atoms with E-state index in [0.29, 0.717) is 5.39 Å². The van der Waals surface area contributed by atoms with Gasteiger partial charge in [0.25, 0.3) is 0 Å². The van der Waals surface area contributed by atoms with Gasteiger partial charge in [-0.15, -0.1) is 0 Å². The van der Waals surface area contributed by atoms with E-state index in [4.69, 9.17) is 4.42 Å². The van der Waals surface area contributed by atoms with Crippen LogP contribution < -0.4 is 5.63 Å². The van der Waals surface area contributed by atoms with Gasteiger partial charge in [0.05, 0.1) is 5.56 Å². The Bertz CT molecular complexity index is 945. The molecule has 0 atom stereocenters. The van der Waals surface area contributed by atoms with Crippen molar-refractivity contribution in [3.63, 3.8) is 0 Å². The Kier molecular flexibility index (Phi) is 3.34. The van der Waals surface area contributed by atoms with Crippen molar-refractivity contribution in [2.75, 3.05) is 0 Å². The summed E-state index contributed by atoms with van der Waals surface area (Å²) < 4.78 is 5.18. The summed E-state index contributed by atoms with van der Waals surface area (Å²) in [5.41, 5.74) is 0.722. The number of nitrogens with zero attached hydrogens (tertiary/aromatic N) is 2. The van der Waals surface area contributed by atoms with Crippen molar-refractivity contribution in [3.05, 3.63) is 58.1 Å². The van der Waals surface area contributed by atoms with E-state index in [0.717, 1.165) is 5.56 Å². The molecule has 0 aliphatic carbocycles. The third-order valence-electron chi connectivity index (χ3n) is 3.22. The van der Waals surface area contributed by atoms with Crippen LogP contribution in [0, 0.1) is 6.92 Å². The molecular formula is C16H12N2O4. The van der Waals surface area contributed by atoms with Crippen molar-refractivity contribution in [2.24, 2.45) is 4.99 Å². The van der Waals surface area contributed by atoms with Crippen molar-refractivity contribution in [1.29, 1.82) is 0 Å². The highest BCUT2D eigenvalue weighted by atomic mass is 16.4. The summed E-state index contributed by atoms with van der Waals surface area (Å²) in [4.78, 5) is 19.5. The Morgan fingerprint density at radius 2 is 2.05 bits per heavy atom. The molecule has 0 amide bonds. The van der Waals surface area contributed by atoms with Crippen LogP contribution >= 0.6 is 0 Å². The number of phenols is 1. The van der Waals surface area contributed by atoms with E-state index in [1.807, 2.05) is 0 Å². The molecule has 0 aliphatic heterocycles. The van der Waals surface area contributed by atoms with Gasteiger partial charge >= 0.3 is 5.63 Å².